The highest BCUT2D eigenvalue weighted by Crippen LogP contribution is 2.44. The molecule has 51 heavy (non-hydrogen) atoms. The fraction of sp³-hybridized carbons (Fsp3) is 0. The lowest BCUT2D eigenvalue weighted by Gasteiger charge is -2.18. The molecule has 0 N–H and O–H groups in total. The molecule has 1 heteroatoms. The Morgan fingerprint density at radius 3 is 1.41 bits per heavy atom. The molecule has 0 spiro atoms. The van der Waals surface area contributed by atoms with E-state index in [-0.39, 0.29) is 57.7 Å². The average molecular weight is 652 g/mol. The lowest BCUT2D eigenvalue weighted by Crippen LogP contribution is -1.91. The highest BCUT2D eigenvalue weighted by Gasteiger charge is 2.17. The topological polar surface area (TPSA) is 13.1 Å². The van der Waals surface area contributed by atoms with Crippen molar-refractivity contribution in [1.82, 2.24) is 0 Å². The third-order valence-corrected chi connectivity index (χ3v) is 10.8. The van der Waals surface area contributed by atoms with Gasteiger partial charge in [-0.05, 0) is 134 Å². The molecule has 1 heterocycles. The van der Waals surface area contributed by atoms with Gasteiger partial charge in [-0.3, -0.25) is 0 Å². The first-order valence-corrected chi connectivity index (χ1v) is 17.1. The van der Waals surface area contributed by atoms with Crippen LogP contribution in [0, 0.1) is 0 Å². The molecule has 0 amide bonds. The molecule has 12 aromatic rings. The van der Waals surface area contributed by atoms with Crippen molar-refractivity contribution in [2.75, 3.05) is 0 Å². The van der Waals surface area contributed by atoms with Gasteiger partial charge in [-0.25, -0.2) is 0 Å². The van der Waals surface area contributed by atoms with Gasteiger partial charge >= 0.3 is 0 Å². The maximum absolute atomic E-state index is 9.69. The Kier molecular flexibility index (Phi) is 4.17. The molecule has 0 saturated heterocycles. The minimum Gasteiger partial charge on any atom is -0.456 e. The van der Waals surface area contributed by atoms with E-state index < -0.39 is 12.1 Å². The lowest BCUT2D eigenvalue weighted by atomic mass is 9.86. The summed E-state index contributed by atoms with van der Waals surface area (Å²) >= 11 is 0. The highest BCUT2D eigenvalue weighted by molar-refractivity contribution is 6.27. The van der Waals surface area contributed by atoms with Crippen LogP contribution in [-0.4, -0.2) is 0 Å². The van der Waals surface area contributed by atoms with Crippen LogP contribution in [-0.2, 0) is 0 Å². The molecular weight excluding hydrogens is 617 g/mol. The number of para-hydroxylation sites is 1. The van der Waals surface area contributed by atoms with Crippen LogP contribution in [0.5, 0.6) is 0 Å². The van der Waals surface area contributed by atoms with Crippen LogP contribution in [0.25, 0.3) is 120 Å². The third kappa shape index (κ3) is 3.81. The molecule has 0 bridgehead atoms. The summed E-state index contributed by atoms with van der Waals surface area (Å²) in [6.07, 6.45) is 0. The summed E-state index contributed by atoms with van der Waals surface area (Å²) < 4.78 is 68.2. The smallest absolute Gasteiger partial charge is 0.135 e. The summed E-state index contributed by atoms with van der Waals surface area (Å²) in [5, 5.41) is 13.9. The van der Waals surface area contributed by atoms with Gasteiger partial charge in [0, 0.05) is 10.8 Å². The summed E-state index contributed by atoms with van der Waals surface area (Å²) in [5.74, 6) is 0. The zero-order valence-corrected chi connectivity index (χ0v) is 27.0. The summed E-state index contributed by atoms with van der Waals surface area (Å²) in [6.45, 7) is 0. The van der Waals surface area contributed by atoms with Crippen LogP contribution in [0.3, 0.4) is 0 Å². The summed E-state index contributed by atoms with van der Waals surface area (Å²) in [7, 11) is 0. The number of hydrogen-bond acceptors (Lipinski definition) is 1. The van der Waals surface area contributed by atoms with Crippen molar-refractivity contribution in [3.8, 4) is 33.4 Å². The van der Waals surface area contributed by atoms with Gasteiger partial charge in [0.2, 0.25) is 0 Å². The van der Waals surface area contributed by atoms with Crippen molar-refractivity contribution in [3.63, 3.8) is 0 Å². The second kappa shape index (κ2) is 9.94. The zero-order chi connectivity index (χ0) is 39.3. The van der Waals surface area contributed by atoms with Crippen LogP contribution in [0.2, 0.25) is 0 Å². The van der Waals surface area contributed by atoms with E-state index in [4.69, 9.17) is 11.3 Å². The zero-order valence-electron chi connectivity index (χ0n) is 34.0. The van der Waals surface area contributed by atoms with Gasteiger partial charge in [-0.15, -0.1) is 0 Å². The van der Waals surface area contributed by atoms with Crippen molar-refractivity contribution in [1.29, 1.82) is 0 Å². The maximum atomic E-state index is 9.69. The molecule has 0 saturated carbocycles. The number of furan rings is 1. The second-order valence-electron chi connectivity index (χ2n) is 13.5. The molecule has 1 aromatic heterocycles. The Labute approximate surface area is 303 Å². The second-order valence-corrected chi connectivity index (χ2v) is 13.5. The van der Waals surface area contributed by atoms with Crippen LogP contribution in [0.1, 0.15) is 9.60 Å². The van der Waals surface area contributed by atoms with Crippen molar-refractivity contribution in [2.45, 2.75) is 0 Å². The molecule has 0 aliphatic rings. The Bertz CT molecular complexity index is 3570. The van der Waals surface area contributed by atoms with Crippen molar-refractivity contribution >= 4 is 86.6 Å². The fourth-order valence-corrected chi connectivity index (χ4v) is 8.50. The SMILES string of the molecule is [2H]c1c([2H])c([2H])c2c(oc3c([2H])c([2H])c(-c4cc(-c5ccc6ccc7cccc8ccc5c6c78)cc(-c5ccc6ccc7cccc8ccc5c6c78)c4)c([2H])c32)c1[2H]. The third-order valence-electron chi connectivity index (χ3n) is 10.8. The first kappa shape index (κ1) is 21.4. The average Bonchev–Trinajstić information content (AvgIpc) is 3.67. The van der Waals surface area contributed by atoms with Crippen LogP contribution in [0.4, 0.5) is 0 Å². The van der Waals surface area contributed by atoms with Gasteiger partial charge in [-0.2, -0.15) is 0 Å². The Morgan fingerprint density at radius 1 is 0.353 bits per heavy atom. The summed E-state index contributed by atoms with van der Waals surface area (Å²) in [4.78, 5) is 0. The molecule has 12 rings (SSSR count). The Morgan fingerprint density at radius 2 is 0.824 bits per heavy atom. The molecule has 0 unspecified atom stereocenters. The molecular formula is C50H28O. The van der Waals surface area contributed by atoms with Gasteiger partial charge < -0.3 is 4.42 Å². The van der Waals surface area contributed by atoms with Crippen LogP contribution < -0.4 is 0 Å². The van der Waals surface area contributed by atoms with E-state index >= 15 is 0 Å². The van der Waals surface area contributed by atoms with Gasteiger partial charge in [0.15, 0.2) is 0 Å². The van der Waals surface area contributed by atoms with Crippen molar-refractivity contribution in [3.05, 3.63) is 170 Å². The molecule has 0 atom stereocenters. The largest absolute Gasteiger partial charge is 0.456 e. The van der Waals surface area contributed by atoms with E-state index in [1.807, 2.05) is 12.1 Å². The predicted molar refractivity (Wildman–Crippen MR) is 217 cm³/mol. The highest BCUT2D eigenvalue weighted by atomic mass is 16.3. The number of rotatable bonds is 3. The molecule has 11 aromatic carbocycles. The predicted octanol–water partition coefficient (Wildman–Crippen LogP) is 14.4. The van der Waals surface area contributed by atoms with E-state index in [1.54, 1.807) is 0 Å². The summed E-state index contributed by atoms with van der Waals surface area (Å²) in [6, 6.07) is 42.5. The van der Waals surface area contributed by atoms with Crippen molar-refractivity contribution < 1.29 is 14.0 Å². The monoisotopic (exact) mass is 651 g/mol. The summed E-state index contributed by atoms with van der Waals surface area (Å²) in [5.41, 5.74) is 4.22. The Hall–Kier alpha value is -6.70. The van der Waals surface area contributed by atoms with E-state index in [9.17, 15) is 2.74 Å². The molecule has 0 radical (unpaired) electrons. The van der Waals surface area contributed by atoms with E-state index in [2.05, 4.69) is 115 Å². The normalized spacial score (nSPS) is 14.2. The van der Waals surface area contributed by atoms with Crippen molar-refractivity contribution in [2.24, 2.45) is 0 Å². The van der Waals surface area contributed by atoms with Gasteiger partial charge in [-0.1, -0.05) is 133 Å². The van der Waals surface area contributed by atoms with E-state index in [1.165, 1.54) is 21.5 Å². The first-order valence-electron chi connectivity index (χ1n) is 20.6. The molecule has 1 nitrogen and oxygen atoms in total. The van der Waals surface area contributed by atoms with Gasteiger partial charge in [0.1, 0.15) is 11.2 Å². The standard InChI is InChI=1S/C50H28O/c1-2-10-45-41(9-1)44-28-35(19-24-46(44)51-45)36-25-37(39-20-15-33-13-11-29-5-3-7-31-17-22-42(39)49(33)47(29)31)27-38(26-36)40-21-16-34-14-12-30-6-4-8-32-18-23-43(40)50(34)48(30)32/h1-28H/i1D,2D,9D,10D,19D,24D,28D. The minimum atomic E-state index is -0.458. The molecule has 0 fully saturated rings. The lowest BCUT2D eigenvalue weighted by molar-refractivity contribution is 0.669. The van der Waals surface area contributed by atoms with E-state index in [0.717, 1.165) is 65.3 Å². The quantitative estimate of drug-likeness (QED) is 0.173. The number of hydrogen-bond donors (Lipinski definition) is 0. The fourth-order valence-electron chi connectivity index (χ4n) is 8.50. The number of benzene rings is 11. The maximum Gasteiger partial charge on any atom is 0.135 e. The van der Waals surface area contributed by atoms with Gasteiger partial charge in [0.05, 0.1) is 9.60 Å². The van der Waals surface area contributed by atoms with Crippen LogP contribution >= 0.6 is 0 Å². The van der Waals surface area contributed by atoms with Crippen LogP contribution in [0.15, 0.2) is 174 Å². The van der Waals surface area contributed by atoms with Gasteiger partial charge in [0.25, 0.3) is 0 Å². The Balaban J connectivity index is 1.21. The number of fused-ring (bicyclic) bond motifs is 3. The van der Waals surface area contributed by atoms with E-state index in [0.29, 0.717) is 5.56 Å². The minimum absolute atomic E-state index is 0.0377. The first-order chi connectivity index (χ1) is 28.2. The molecule has 0 aliphatic carbocycles. The molecule has 234 valence electrons. The molecule has 0 aliphatic heterocycles.